The molecule has 2 rings (SSSR count). The smallest absolute Gasteiger partial charge is 0.181 e. The summed E-state index contributed by atoms with van der Waals surface area (Å²) in [6.07, 6.45) is 1.57. The first-order valence-electron chi connectivity index (χ1n) is 5.24. The Morgan fingerprint density at radius 3 is 2.69 bits per heavy atom. The highest BCUT2D eigenvalue weighted by atomic mass is 32.2. The highest BCUT2D eigenvalue weighted by Crippen LogP contribution is 2.34. The summed E-state index contributed by atoms with van der Waals surface area (Å²) in [5, 5.41) is -0.170. The summed E-state index contributed by atoms with van der Waals surface area (Å²) in [5.41, 5.74) is 3.43. The minimum absolute atomic E-state index is 0.170. The maximum atomic E-state index is 12.1. The van der Waals surface area contributed by atoms with Crippen molar-refractivity contribution >= 4 is 9.84 Å². The van der Waals surface area contributed by atoms with Gasteiger partial charge in [0, 0.05) is 6.54 Å². The van der Waals surface area contributed by atoms with E-state index in [0.717, 1.165) is 18.4 Å². The topological polar surface area (TPSA) is 55.4 Å². The van der Waals surface area contributed by atoms with Crippen molar-refractivity contribution in [2.75, 3.05) is 7.11 Å². The van der Waals surface area contributed by atoms with E-state index in [1.54, 1.807) is 18.2 Å². The van der Waals surface area contributed by atoms with Crippen molar-refractivity contribution in [3.8, 4) is 0 Å². The number of hydrogen-bond acceptors (Lipinski definition) is 4. The molecule has 0 amide bonds. The van der Waals surface area contributed by atoms with Gasteiger partial charge in [0.15, 0.2) is 9.84 Å². The van der Waals surface area contributed by atoms with Crippen LogP contribution in [-0.4, -0.2) is 20.8 Å². The Labute approximate surface area is 95.5 Å². The lowest BCUT2D eigenvalue weighted by molar-refractivity contribution is 0.0861. The lowest BCUT2D eigenvalue weighted by Gasteiger charge is -2.09. The van der Waals surface area contributed by atoms with Gasteiger partial charge in [-0.3, -0.25) is 0 Å². The molecule has 16 heavy (non-hydrogen) atoms. The van der Waals surface area contributed by atoms with Crippen LogP contribution in [0.25, 0.3) is 0 Å². The van der Waals surface area contributed by atoms with Crippen LogP contribution < -0.4 is 5.48 Å². The second-order valence-corrected chi connectivity index (χ2v) is 6.07. The van der Waals surface area contributed by atoms with Gasteiger partial charge in [0.1, 0.15) is 0 Å². The minimum Gasteiger partial charge on any atom is -0.305 e. The molecule has 0 heterocycles. The highest BCUT2D eigenvalue weighted by Gasteiger charge is 2.37. The summed E-state index contributed by atoms with van der Waals surface area (Å²) in [6.45, 7) is 0.401. The average Bonchev–Trinajstić information content (AvgIpc) is 3.10. The van der Waals surface area contributed by atoms with Gasteiger partial charge in [-0.2, -0.15) is 5.48 Å². The summed E-state index contributed by atoms with van der Waals surface area (Å²) in [6, 6.07) is 7.06. The van der Waals surface area contributed by atoms with Crippen molar-refractivity contribution in [3.63, 3.8) is 0 Å². The van der Waals surface area contributed by atoms with Gasteiger partial charge in [-0.15, -0.1) is 0 Å². The third-order valence-electron chi connectivity index (χ3n) is 2.65. The maximum Gasteiger partial charge on any atom is 0.181 e. The van der Waals surface area contributed by atoms with E-state index in [9.17, 15) is 8.42 Å². The molecule has 0 aromatic heterocycles. The van der Waals surface area contributed by atoms with Crippen LogP contribution in [0, 0.1) is 0 Å². The molecule has 1 aromatic rings. The maximum absolute atomic E-state index is 12.1. The Hall–Kier alpha value is -0.910. The Bertz CT molecular complexity index is 466. The minimum atomic E-state index is -3.12. The fraction of sp³-hybridized carbons (Fsp3) is 0.455. The fourth-order valence-corrected chi connectivity index (χ4v) is 3.52. The quantitative estimate of drug-likeness (QED) is 0.789. The molecule has 1 N–H and O–H groups in total. The summed E-state index contributed by atoms with van der Waals surface area (Å²) in [7, 11) is -1.61. The number of benzene rings is 1. The van der Waals surface area contributed by atoms with Gasteiger partial charge in [-0.1, -0.05) is 18.2 Å². The van der Waals surface area contributed by atoms with Crippen molar-refractivity contribution in [1.82, 2.24) is 5.48 Å². The summed E-state index contributed by atoms with van der Waals surface area (Å²) >= 11 is 0. The molecule has 88 valence electrons. The fourth-order valence-electron chi connectivity index (χ4n) is 1.64. The van der Waals surface area contributed by atoms with E-state index in [1.165, 1.54) is 7.11 Å². The summed E-state index contributed by atoms with van der Waals surface area (Å²) in [5.74, 6) is 0. The van der Waals surface area contributed by atoms with Crippen LogP contribution in [0.3, 0.4) is 0 Å². The molecule has 5 heteroatoms. The molecule has 0 radical (unpaired) electrons. The molecule has 4 nitrogen and oxygen atoms in total. The molecule has 0 bridgehead atoms. The average molecular weight is 241 g/mol. The second kappa shape index (κ2) is 4.53. The van der Waals surface area contributed by atoms with Crippen LogP contribution in [0.15, 0.2) is 29.2 Å². The molecular weight excluding hydrogens is 226 g/mol. The molecule has 1 aromatic carbocycles. The first-order chi connectivity index (χ1) is 7.66. The Morgan fingerprint density at radius 2 is 2.06 bits per heavy atom. The van der Waals surface area contributed by atoms with Gasteiger partial charge in [-0.05, 0) is 24.5 Å². The summed E-state index contributed by atoms with van der Waals surface area (Å²) < 4.78 is 24.2. The van der Waals surface area contributed by atoms with Gasteiger partial charge >= 0.3 is 0 Å². The van der Waals surface area contributed by atoms with Crippen LogP contribution in [0.2, 0.25) is 0 Å². The van der Waals surface area contributed by atoms with E-state index in [0.29, 0.717) is 11.4 Å². The van der Waals surface area contributed by atoms with Crippen molar-refractivity contribution in [3.05, 3.63) is 29.8 Å². The van der Waals surface area contributed by atoms with Crippen molar-refractivity contribution in [2.45, 2.75) is 29.5 Å². The van der Waals surface area contributed by atoms with Crippen LogP contribution in [0.4, 0.5) is 0 Å². The predicted octanol–water partition coefficient (Wildman–Crippen LogP) is 1.27. The van der Waals surface area contributed by atoms with Gasteiger partial charge in [0.2, 0.25) is 0 Å². The normalized spacial score (nSPS) is 16.3. The molecule has 1 aliphatic carbocycles. The molecule has 0 atom stereocenters. The molecule has 1 aliphatic rings. The third kappa shape index (κ3) is 2.26. The lowest BCUT2D eigenvalue weighted by Crippen LogP contribution is -2.16. The number of hydroxylamine groups is 1. The van der Waals surface area contributed by atoms with Gasteiger partial charge in [-0.25, -0.2) is 8.42 Å². The number of sulfone groups is 1. The Balaban J connectivity index is 2.32. The first kappa shape index (κ1) is 11.6. The predicted molar refractivity (Wildman–Crippen MR) is 60.5 cm³/mol. The van der Waals surface area contributed by atoms with Crippen LogP contribution in [0.1, 0.15) is 18.4 Å². The zero-order valence-electron chi connectivity index (χ0n) is 9.14. The first-order valence-corrected chi connectivity index (χ1v) is 6.78. The summed E-state index contributed by atoms with van der Waals surface area (Å²) in [4.78, 5) is 5.18. The highest BCUT2D eigenvalue weighted by molar-refractivity contribution is 7.92. The SMILES string of the molecule is CONCc1ccccc1S(=O)(=O)C1CC1. The molecule has 0 spiro atoms. The van der Waals surface area contributed by atoms with Gasteiger partial charge < -0.3 is 4.84 Å². The van der Waals surface area contributed by atoms with E-state index < -0.39 is 9.84 Å². The zero-order chi connectivity index (χ0) is 11.6. The number of rotatable bonds is 5. The van der Waals surface area contributed by atoms with E-state index in [2.05, 4.69) is 5.48 Å². The van der Waals surface area contributed by atoms with Gasteiger partial charge in [0.05, 0.1) is 17.3 Å². The van der Waals surface area contributed by atoms with E-state index >= 15 is 0 Å². The monoisotopic (exact) mass is 241 g/mol. The van der Waals surface area contributed by atoms with E-state index in [-0.39, 0.29) is 5.25 Å². The zero-order valence-corrected chi connectivity index (χ0v) is 9.96. The van der Waals surface area contributed by atoms with Crippen LogP contribution in [-0.2, 0) is 21.2 Å². The lowest BCUT2D eigenvalue weighted by atomic mass is 10.2. The molecule has 0 unspecified atom stereocenters. The molecular formula is C11H15NO3S. The van der Waals surface area contributed by atoms with E-state index in [1.807, 2.05) is 6.07 Å². The molecule has 0 aliphatic heterocycles. The Morgan fingerprint density at radius 1 is 1.38 bits per heavy atom. The number of nitrogens with one attached hydrogen (secondary N) is 1. The van der Waals surface area contributed by atoms with Crippen molar-refractivity contribution in [1.29, 1.82) is 0 Å². The number of hydrogen-bond donors (Lipinski definition) is 1. The van der Waals surface area contributed by atoms with Gasteiger partial charge in [0.25, 0.3) is 0 Å². The van der Waals surface area contributed by atoms with Crippen molar-refractivity contribution < 1.29 is 13.3 Å². The van der Waals surface area contributed by atoms with Crippen LogP contribution in [0.5, 0.6) is 0 Å². The molecule has 1 saturated carbocycles. The van der Waals surface area contributed by atoms with E-state index in [4.69, 9.17) is 4.84 Å². The van der Waals surface area contributed by atoms with Crippen LogP contribution >= 0.6 is 0 Å². The standard InChI is InChI=1S/C11H15NO3S/c1-15-12-8-9-4-2-3-5-11(9)16(13,14)10-6-7-10/h2-5,10,12H,6-8H2,1H3. The van der Waals surface area contributed by atoms with Crippen molar-refractivity contribution in [2.24, 2.45) is 0 Å². The second-order valence-electron chi connectivity index (χ2n) is 3.88. The Kier molecular flexibility index (Phi) is 3.28. The largest absolute Gasteiger partial charge is 0.305 e. The molecule has 0 saturated heterocycles. The third-order valence-corrected chi connectivity index (χ3v) is 5.01. The molecule has 1 fully saturated rings.